The van der Waals surface area contributed by atoms with Crippen LogP contribution < -0.4 is 4.90 Å². The van der Waals surface area contributed by atoms with Gasteiger partial charge in [0.1, 0.15) is 17.3 Å². The van der Waals surface area contributed by atoms with E-state index in [2.05, 4.69) is 36.9 Å². The molecule has 0 aromatic carbocycles. The lowest BCUT2D eigenvalue weighted by atomic mass is 9.83. The van der Waals surface area contributed by atoms with E-state index in [1.807, 2.05) is 12.3 Å². The highest BCUT2D eigenvalue weighted by atomic mass is 35.5. The first-order chi connectivity index (χ1) is 12.3. The van der Waals surface area contributed by atoms with Crippen LogP contribution in [0.2, 0.25) is 5.15 Å². The Bertz CT molecular complexity index is 761. The number of likely N-dealkylation sites (tertiary alicyclic amines) is 1. The van der Waals surface area contributed by atoms with Gasteiger partial charge in [-0.3, -0.25) is 4.90 Å². The molecule has 2 unspecified atom stereocenters. The Hall–Kier alpha value is -1.72. The molecule has 2 saturated heterocycles. The van der Waals surface area contributed by atoms with Crippen molar-refractivity contribution in [2.75, 3.05) is 18.0 Å². The quantitative estimate of drug-likeness (QED) is 0.788. The zero-order chi connectivity index (χ0) is 16.8. The maximum atomic E-state index is 5.88. The van der Waals surface area contributed by atoms with E-state index in [0.717, 1.165) is 25.5 Å². The van der Waals surface area contributed by atoms with E-state index >= 15 is 0 Å². The molecule has 5 rings (SSSR count). The lowest BCUT2D eigenvalue weighted by molar-refractivity contribution is 0.230. The van der Waals surface area contributed by atoms with Crippen LogP contribution in [0.15, 0.2) is 30.7 Å². The van der Waals surface area contributed by atoms with Gasteiger partial charge in [-0.15, -0.1) is 0 Å². The van der Waals surface area contributed by atoms with Crippen molar-refractivity contribution in [2.45, 2.75) is 50.2 Å². The fraction of sp³-hybridized carbons (Fsp3) is 0.526. The van der Waals surface area contributed by atoms with Gasteiger partial charge in [-0.25, -0.2) is 15.0 Å². The second-order valence-electron chi connectivity index (χ2n) is 7.54. The number of hydrogen-bond donors (Lipinski definition) is 0. The summed E-state index contributed by atoms with van der Waals surface area (Å²) >= 11 is 5.88. The number of piperazine rings is 1. The van der Waals surface area contributed by atoms with Crippen molar-refractivity contribution in [3.05, 3.63) is 47.1 Å². The molecule has 0 amide bonds. The van der Waals surface area contributed by atoms with Gasteiger partial charge in [0.2, 0.25) is 0 Å². The van der Waals surface area contributed by atoms with Crippen LogP contribution in [0, 0.1) is 0 Å². The van der Waals surface area contributed by atoms with Crippen molar-refractivity contribution in [3.8, 4) is 0 Å². The van der Waals surface area contributed by atoms with Crippen LogP contribution >= 0.6 is 11.6 Å². The highest BCUT2D eigenvalue weighted by molar-refractivity contribution is 6.29. The van der Waals surface area contributed by atoms with Gasteiger partial charge in [-0.05, 0) is 30.9 Å². The molecule has 4 heterocycles. The molecule has 130 valence electrons. The number of nitrogens with zero attached hydrogens (tertiary/aromatic N) is 5. The summed E-state index contributed by atoms with van der Waals surface area (Å²) in [6.45, 7) is 3.11. The van der Waals surface area contributed by atoms with Gasteiger partial charge < -0.3 is 4.90 Å². The van der Waals surface area contributed by atoms with Crippen LogP contribution in [0.25, 0.3) is 0 Å². The minimum absolute atomic E-state index is 0.559. The Morgan fingerprint density at radius 3 is 2.68 bits per heavy atom. The summed E-state index contributed by atoms with van der Waals surface area (Å²) < 4.78 is 0. The lowest BCUT2D eigenvalue weighted by Crippen LogP contribution is -2.46. The fourth-order valence-corrected chi connectivity index (χ4v) is 4.52. The Morgan fingerprint density at radius 2 is 2.00 bits per heavy atom. The SMILES string of the molecule is Clc1ccc(CN2CC3CC2CN3c2cc(C3CCC3)ncn2)cn1. The molecule has 5 nitrogen and oxygen atoms in total. The Labute approximate surface area is 153 Å². The van der Waals surface area contributed by atoms with Crippen LogP contribution in [0.3, 0.4) is 0 Å². The molecule has 2 aromatic heterocycles. The molecule has 3 fully saturated rings. The lowest BCUT2D eigenvalue weighted by Gasteiger charge is -2.35. The largest absolute Gasteiger partial charge is 0.351 e. The van der Waals surface area contributed by atoms with Crippen LogP contribution in [-0.2, 0) is 6.54 Å². The Morgan fingerprint density at radius 1 is 1.08 bits per heavy atom. The maximum Gasteiger partial charge on any atom is 0.132 e. The van der Waals surface area contributed by atoms with Crippen molar-refractivity contribution in [2.24, 2.45) is 0 Å². The fourth-order valence-electron chi connectivity index (χ4n) is 4.40. The maximum absolute atomic E-state index is 5.88. The van der Waals surface area contributed by atoms with Gasteiger partial charge in [0.15, 0.2) is 0 Å². The first kappa shape index (κ1) is 15.5. The molecule has 2 aliphatic heterocycles. The normalized spacial score (nSPS) is 26.2. The highest BCUT2D eigenvalue weighted by Crippen LogP contribution is 2.38. The van der Waals surface area contributed by atoms with Crippen LogP contribution in [0.5, 0.6) is 0 Å². The molecule has 2 aromatic rings. The van der Waals surface area contributed by atoms with Crippen LogP contribution in [0.1, 0.15) is 42.9 Å². The summed E-state index contributed by atoms with van der Waals surface area (Å²) in [7, 11) is 0. The average Bonchev–Trinajstić information content (AvgIpc) is 3.16. The van der Waals surface area contributed by atoms with Crippen molar-refractivity contribution in [1.82, 2.24) is 19.9 Å². The molecule has 0 radical (unpaired) electrons. The second-order valence-corrected chi connectivity index (χ2v) is 7.93. The third-order valence-corrected chi connectivity index (χ3v) is 6.24. The Balaban J connectivity index is 1.27. The second kappa shape index (κ2) is 6.22. The average molecular weight is 356 g/mol. The molecule has 25 heavy (non-hydrogen) atoms. The molecule has 2 atom stereocenters. The monoisotopic (exact) mass is 355 g/mol. The number of fused-ring (bicyclic) bond motifs is 2. The number of aromatic nitrogens is 3. The van der Waals surface area contributed by atoms with E-state index < -0.39 is 0 Å². The van der Waals surface area contributed by atoms with Crippen LogP contribution in [0.4, 0.5) is 5.82 Å². The number of anilines is 1. The smallest absolute Gasteiger partial charge is 0.132 e. The summed E-state index contributed by atoms with van der Waals surface area (Å²) in [5.74, 6) is 1.78. The highest BCUT2D eigenvalue weighted by Gasteiger charge is 2.43. The molecule has 6 heteroatoms. The molecular weight excluding hydrogens is 334 g/mol. The zero-order valence-corrected chi connectivity index (χ0v) is 14.9. The Kier molecular flexibility index (Phi) is 3.86. The number of halogens is 1. The number of rotatable bonds is 4. The molecule has 0 spiro atoms. The minimum Gasteiger partial charge on any atom is -0.351 e. The molecule has 1 saturated carbocycles. The first-order valence-electron chi connectivity index (χ1n) is 9.19. The minimum atomic E-state index is 0.559. The molecule has 3 aliphatic rings. The molecular formula is C19H22ClN5. The van der Waals surface area contributed by atoms with Gasteiger partial charge in [0.25, 0.3) is 0 Å². The summed E-state index contributed by atoms with van der Waals surface area (Å²) in [5.41, 5.74) is 2.47. The van der Waals surface area contributed by atoms with Crippen molar-refractivity contribution in [1.29, 1.82) is 0 Å². The zero-order valence-electron chi connectivity index (χ0n) is 14.2. The van der Waals surface area contributed by atoms with E-state index in [0.29, 0.717) is 23.2 Å². The van der Waals surface area contributed by atoms with E-state index in [9.17, 15) is 0 Å². The van der Waals surface area contributed by atoms with E-state index in [-0.39, 0.29) is 0 Å². The molecule has 2 bridgehead atoms. The summed E-state index contributed by atoms with van der Waals surface area (Å²) in [6, 6.07) is 7.35. The van der Waals surface area contributed by atoms with E-state index in [1.165, 1.54) is 36.9 Å². The van der Waals surface area contributed by atoms with E-state index in [1.54, 1.807) is 6.33 Å². The van der Waals surface area contributed by atoms with Crippen LogP contribution in [-0.4, -0.2) is 45.0 Å². The van der Waals surface area contributed by atoms with Gasteiger partial charge in [0.05, 0.1) is 0 Å². The third-order valence-electron chi connectivity index (χ3n) is 6.02. The summed E-state index contributed by atoms with van der Waals surface area (Å²) in [5, 5.41) is 0.559. The first-order valence-corrected chi connectivity index (χ1v) is 9.57. The summed E-state index contributed by atoms with van der Waals surface area (Å²) in [6.07, 6.45) is 8.78. The van der Waals surface area contributed by atoms with Crippen molar-refractivity contribution in [3.63, 3.8) is 0 Å². The molecule has 0 N–H and O–H groups in total. The third kappa shape index (κ3) is 2.89. The molecule has 1 aliphatic carbocycles. The van der Waals surface area contributed by atoms with E-state index in [4.69, 9.17) is 11.6 Å². The predicted molar refractivity (Wildman–Crippen MR) is 97.8 cm³/mol. The van der Waals surface area contributed by atoms with Gasteiger partial charge >= 0.3 is 0 Å². The van der Waals surface area contributed by atoms with Gasteiger partial charge in [-0.2, -0.15) is 0 Å². The predicted octanol–water partition coefficient (Wildman–Crippen LogP) is 3.26. The topological polar surface area (TPSA) is 45.2 Å². The number of pyridine rings is 1. The standard InChI is InChI=1S/C19H22ClN5/c20-18-5-4-13(8-21-18)9-24-10-16-6-15(24)11-25(16)19-7-17(22-12-23-19)14-2-1-3-14/h4-5,7-8,12,14-16H,1-3,6,9-11H2. The van der Waals surface area contributed by atoms with Gasteiger partial charge in [0, 0.05) is 55.6 Å². The van der Waals surface area contributed by atoms with Crippen molar-refractivity contribution >= 4 is 17.4 Å². The summed E-state index contributed by atoms with van der Waals surface area (Å²) in [4.78, 5) is 18.3. The van der Waals surface area contributed by atoms with Crippen molar-refractivity contribution < 1.29 is 0 Å². The van der Waals surface area contributed by atoms with Gasteiger partial charge in [-0.1, -0.05) is 24.1 Å². The number of hydrogen-bond acceptors (Lipinski definition) is 5.